The number of carbonyl (C=O) groups is 1. The van der Waals surface area contributed by atoms with Crippen molar-refractivity contribution in [3.05, 3.63) is 0 Å². The van der Waals surface area contributed by atoms with E-state index in [2.05, 4.69) is 0 Å². The van der Waals surface area contributed by atoms with Crippen molar-refractivity contribution in [3.8, 4) is 0 Å². The lowest BCUT2D eigenvalue weighted by Gasteiger charge is -2.38. The van der Waals surface area contributed by atoms with Crippen LogP contribution in [-0.4, -0.2) is 66.9 Å². The molecule has 192 valence electrons. The Morgan fingerprint density at radius 3 is 2.03 bits per heavy atom. The van der Waals surface area contributed by atoms with Gasteiger partial charge >= 0.3 is 6.09 Å². The number of hydrogen-bond acceptors (Lipinski definition) is 7. The van der Waals surface area contributed by atoms with Gasteiger partial charge in [-0.25, -0.2) is 21.6 Å². The normalized spacial score (nSPS) is 31.3. The van der Waals surface area contributed by atoms with Gasteiger partial charge in [-0.15, -0.1) is 0 Å². The van der Waals surface area contributed by atoms with Gasteiger partial charge < -0.3 is 9.47 Å². The largest absolute Gasteiger partial charge is 0.444 e. The van der Waals surface area contributed by atoms with Gasteiger partial charge in [0, 0.05) is 6.42 Å². The molecule has 8 nitrogen and oxygen atoms in total. The summed E-state index contributed by atoms with van der Waals surface area (Å²) in [5.41, 5.74) is -1.76. The molecule has 0 unspecified atom stereocenters. The Morgan fingerprint density at radius 1 is 0.970 bits per heavy atom. The standard InChI is InChI=1S/C23H41NO7S2/c1-21(2,3)31-20(25)24-18(15-17-11-8-7-9-12-17)19(30-22(24,4)5)16-23(6)32(26,27)13-10-14-33(23,28)29/h17-19H,7-16H2,1-6H3/t18-,19-/m0/s1. The summed E-state index contributed by atoms with van der Waals surface area (Å²) in [6, 6.07) is -0.456. The maximum atomic E-state index is 13.3. The number of rotatable bonds is 4. The Morgan fingerprint density at radius 2 is 1.52 bits per heavy atom. The fourth-order valence-corrected chi connectivity index (χ4v) is 10.6. The topological polar surface area (TPSA) is 107 Å². The number of ether oxygens (including phenoxy) is 2. The van der Waals surface area contributed by atoms with Gasteiger partial charge in [-0.3, -0.25) is 4.90 Å². The van der Waals surface area contributed by atoms with Crippen molar-refractivity contribution in [3.63, 3.8) is 0 Å². The van der Waals surface area contributed by atoms with E-state index in [1.165, 1.54) is 13.3 Å². The lowest BCUT2D eigenvalue weighted by atomic mass is 9.83. The Bertz CT molecular complexity index is 910. The summed E-state index contributed by atoms with van der Waals surface area (Å²) in [5, 5.41) is 0. The van der Waals surface area contributed by atoms with E-state index < -0.39 is 53.3 Å². The third-order valence-electron chi connectivity index (χ3n) is 7.38. The summed E-state index contributed by atoms with van der Waals surface area (Å²) in [5.74, 6) is 0.0742. The minimum Gasteiger partial charge on any atom is -0.444 e. The molecule has 0 aromatic carbocycles. The lowest BCUT2D eigenvalue weighted by Crippen LogP contribution is -2.54. The van der Waals surface area contributed by atoms with Crippen molar-refractivity contribution >= 4 is 25.8 Å². The van der Waals surface area contributed by atoms with Crippen LogP contribution in [0.15, 0.2) is 0 Å². The molecule has 10 heteroatoms. The fourth-order valence-electron chi connectivity index (χ4n) is 5.62. The molecule has 3 fully saturated rings. The molecule has 1 aliphatic carbocycles. The van der Waals surface area contributed by atoms with Crippen LogP contribution in [0.3, 0.4) is 0 Å². The molecule has 0 spiro atoms. The SMILES string of the molecule is CC(C)(C)OC(=O)N1[C@@H](CC2CCCCC2)[C@H](CC2(C)S(=O)(=O)CCCS2(=O)=O)OC1(C)C. The lowest BCUT2D eigenvalue weighted by molar-refractivity contribution is -0.0803. The van der Waals surface area contributed by atoms with Crippen LogP contribution < -0.4 is 0 Å². The van der Waals surface area contributed by atoms with Crippen molar-refractivity contribution in [2.45, 2.75) is 120 Å². The van der Waals surface area contributed by atoms with Crippen molar-refractivity contribution in [1.29, 1.82) is 0 Å². The second-order valence-corrected chi connectivity index (χ2v) is 16.9. The zero-order valence-corrected chi connectivity index (χ0v) is 22.6. The van der Waals surface area contributed by atoms with Gasteiger partial charge in [-0.2, -0.15) is 0 Å². The average Bonchev–Trinajstić information content (AvgIpc) is 2.88. The summed E-state index contributed by atoms with van der Waals surface area (Å²) in [4.78, 5) is 14.9. The molecule has 0 N–H and O–H groups in total. The van der Waals surface area contributed by atoms with E-state index in [0.717, 1.165) is 25.7 Å². The first-order chi connectivity index (χ1) is 15.0. The monoisotopic (exact) mass is 507 g/mol. The van der Waals surface area contributed by atoms with Gasteiger partial charge in [0.2, 0.25) is 0 Å². The molecule has 0 aromatic rings. The predicted octanol–water partition coefficient (Wildman–Crippen LogP) is 4.04. The summed E-state index contributed by atoms with van der Waals surface area (Å²) in [6.45, 7) is 10.2. The van der Waals surface area contributed by atoms with Crippen molar-refractivity contribution in [1.82, 2.24) is 4.90 Å². The maximum Gasteiger partial charge on any atom is 0.412 e. The Balaban J connectivity index is 1.98. The third kappa shape index (κ3) is 5.37. The first kappa shape index (κ1) is 26.7. The van der Waals surface area contributed by atoms with Gasteiger partial charge in [0.05, 0.1) is 23.7 Å². The molecule has 2 heterocycles. The quantitative estimate of drug-likeness (QED) is 0.565. The van der Waals surface area contributed by atoms with Gasteiger partial charge in [-0.1, -0.05) is 32.1 Å². The van der Waals surface area contributed by atoms with Gasteiger partial charge in [-0.05, 0) is 60.3 Å². The van der Waals surface area contributed by atoms with Gasteiger partial charge in [0.15, 0.2) is 23.8 Å². The average molecular weight is 508 g/mol. The summed E-state index contributed by atoms with van der Waals surface area (Å²) in [6.07, 6.45) is 4.86. The molecular weight excluding hydrogens is 466 g/mol. The van der Waals surface area contributed by atoms with Crippen LogP contribution in [-0.2, 0) is 29.1 Å². The molecule has 1 amide bonds. The molecule has 2 aliphatic heterocycles. The molecule has 3 rings (SSSR count). The number of sulfone groups is 2. The summed E-state index contributed by atoms with van der Waals surface area (Å²) in [7, 11) is -7.76. The van der Waals surface area contributed by atoms with Gasteiger partial charge in [0.1, 0.15) is 11.3 Å². The van der Waals surface area contributed by atoms with Gasteiger partial charge in [0.25, 0.3) is 0 Å². The number of nitrogens with zero attached hydrogens (tertiary/aromatic N) is 1. The molecule has 2 atom stereocenters. The molecule has 33 heavy (non-hydrogen) atoms. The van der Waals surface area contributed by atoms with Crippen LogP contribution in [0.4, 0.5) is 4.79 Å². The first-order valence-electron chi connectivity index (χ1n) is 12.1. The van der Waals surface area contributed by atoms with E-state index in [1.807, 2.05) is 0 Å². The molecule has 0 aromatic heterocycles. The highest BCUT2D eigenvalue weighted by Crippen LogP contribution is 2.45. The van der Waals surface area contributed by atoms with Crippen LogP contribution in [0.5, 0.6) is 0 Å². The van der Waals surface area contributed by atoms with Crippen molar-refractivity contribution < 1.29 is 31.1 Å². The minimum atomic E-state index is -3.88. The van der Waals surface area contributed by atoms with E-state index in [1.54, 1.807) is 39.5 Å². The molecule has 3 aliphatic rings. The fraction of sp³-hybridized carbons (Fsp3) is 0.957. The molecule has 2 saturated heterocycles. The zero-order valence-electron chi connectivity index (χ0n) is 20.9. The molecule has 0 bridgehead atoms. The second kappa shape index (κ2) is 8.97. The smallest absolute Gasteiger partial charge is 0.412 e. The minimum absolute atomic E-state index is 0.118. The van der Waals surface area contributed by atoms with Crippen molar-refractivity contribution in [2.24, 2.45) is 5.92 Å². The molecule has 1 saturated carbocycles. The number of carbonyl (C=O) groups excluding carboxylic acids is 1. The van der Waals surface area contributed by atoms with Crippen LogP contribution in [0.1, 0.15) is 92.9 Å². The predicted molar refractivity (Wildman–Crippen MR) is 127 cm³/mol. The zero-order chi connectivity index (χ0) is 24.9. The highest BCUT2D eigenvalue weighted by molar-refractivity contribution is 8.10. The maximum absolute atomic E-state index is 13.3. The summed E-state index contributed by atoms with van der Waals surface area (Å²) >= 11 is 0. The van der Waals surface area contributed by atoms with E-state index in [9.17, 15) is 21.6 Å². The van der Waals surface area contributed by atoms with E-state index in [4.69, 9.17) is 9.47 Å². The third-order valence-corrected chi connectivity index (χ3v) is 13.5. The van der Waals surface area contributed by atoms with Crippen LogP contribution in [0.2, 0.25) is 0 Å². The van der Waals surface area contributed by atoms with Crippen LogP contribution >= 0.6 is 0 Å². The second-order valence-electron chi connectivity index (χ2n) is 11.6. The first-order valence-corrected chi connectivity index (χ1v) is 15.4. The highest BCUT2D eigenvalue weighted by Gasteiger charge is 2.59. The molecular formula is C23H41NO7S2. The van der Waals surface area contributed by atoms with Crippen LogP contribution in [0, 0.1) is 5.92 Å². The van der Waals surface area contributed by atoms with E-state index in [0.29, 0.717) is 12.3 Å². The van der Waals surface area contributed by atoms with E-state index >= 15 is 0 Å². The number of hydrogen-bond donors (Lipinski definition) is 0. The van der Waals surface area contributed by atoms with E-state index in [-0.39, 0.29) is 24.3 Å². The Hall–Kier alpha value is -0.870. The van der Waals surface area contributed by atoms with Crippen LogP contribution in [0.25, 0.3) is 0 Å². The summed E-state index contributed by atoms with van der Waals surface area (Å²) < 4.78 is 62.2. The molecule has 0 radical (unpaired) electrons. The Kier molecular flexibility index (Phi) is 7.27. The number of amides is 1. The highest BCUT2D eigenvalue weighted by atomic mass is 32.3. The Labute approximate surface area is 199 Å². The van der Waals surface area contributed by atoms with Crippen molar-refractivity contribution in [2.75, 3.05) is 11.5 Å².